The van der Waals surface area contributed by atoms with E-state index in [2.05, 4.69) is 34.4 Å². The molecule has 4 amide bonds. The Hall–Kier alpha value is -6.25. The first-order valence-corrected chi connectivity index (χ1v) is 20.9. The topological polar surface area (TPSA) is 175 Å². The Bertz CT molecular complexity index is 2390. The molecule has 4 N–H and O–H groups in total. The molecule has 0 unspecified atom stereocenters. The molecule has 6 atom stereocenters. The van der Waals surface area contributed by atoms with Gasteiger partial charge in [-0.2, -0.15) is 0 Å². The quantitative estimate of drug-likeness (QED) is 0.104. The average Bonchev–Trinajstić information content (AvgIpc) is 4.07. The Labute approximate surface area is 355 Å². The number of carbonyl (C=O) groups is 4. The minimum absolute atomic E-state index is 0.129. The fourth-order valence-corrected chi connectivity index (χ4v) is 8.61. The van der Waals surface area contributed by atoms with Gasteiger partial charge in [0, 0.05) is 24.8 Å². The molecule has 2 fully saturated rings. The number of benzene rings is 3. The van der Waals surface area contributed by atoms with Crippen LogP contribution in [0.1, 0.15) is 78.1 Å². The predicted octanol–water partition coefficient (Wildman–Crippen LogP) is 8.01. The molecule has 15 heteroatoms. The van der Waals surface area contributed by atoms with Gasteiger partial charge in [0.2, 0.25) is 11.8 Å². The molecule has 5 aromatic rings. The third kappa shape index (κ3) is 8.96. The van der Waals surface area contributed by atoms with Crippen molar-refractivity contribution in [1.29, 1.82) is 0 Å². The third-order valence-electron chi connectivity index (χ3n) is 11.9. The van der Waals surface area contributed by atoms with Crippen LogP contribution in [0.25, 0.3) is 44.5 Å². The summed E-state index contributed by atoms with van der Waals surface area (Å²) in [4.78, 5) is 71.3. The van der Waals surface area contributed by atoms with Crippen LogP contribution in [-0.2, 0) is 19.1 Å². The molecule has 7 rings (SSSR count). The summed E-state index contributed by atoms with van der Waals surface area (Å²) in [5, 5.41) is 5.37. The maximum Gasteiger partial charge on any atom is 0.407 e. The minimum Gasteiger partial charge on any atom is -0.453 e. The molecule has 0 aliphatic carbocycles. The molecule has 61 heavy (non-hydrogen) atoms. The molecule has 14 nitrogen and oxygen atoms in total. The van der Waals surface area contributed by atoms with E-state index in [1.165, 1.54) is 20.3 Å². The lowest BCUT2D eigenvalue weighted by molar-refractivity contribution is -0.136. The lowest BCUT2D eigenvalue weighted by Crippen LogP contribution is -2.51. The molecule has 4 heterocycles. The highest BCUT2D eigenvalue weighted by molar-refractivity contribution is 5.88. The SMILES string of the molecule is COC(=O)N[C@H](C(=O)N1C[C@@H](C)C[C@H]1c1nc(-c2ccc(-c3ccc(-c4cc(F)c5[nH]c([C@@H]6C[C@H](C)CN6C(=O)[C@@H](NC(=O)OC)C(C)C)nc5c4)cc3)cc2)c[nH]1)C(C)C. The number of ether oxygens (including phenoxy) is 2. The number of hydrogen-bond donors (Lipinski definition) is 4. The van der Waals surface area contributed by atoms with E-state index in [1.54, 1.807) is 4.90 Å². The van der Waals surface area contributed by atoms with Gasteiger partial charge in [-0.05, 0) is 70.9 Å². The Morgan fingerprint density at radius 3 is 1.62 bits per heavy atom. The van der Waals surface area contributed by atoms with Crippen LogP contribution in [0.2, 0.25) is 0 Å². The number of fused-ring (bicyclic) bond motifs is 1. The number of halogens is 1. The molecule has 0 radical (unpaired) electrons. The summed E-state index contributed by atoms with van der Waals surface area (Å²) < 4.78 is 25.3. The van der Waals surface area contributed by atoms with E-state index in [9.17, 15) is 19.2 Å². The molecular weight excluding hydrogens is 780 g/mol. The Morgan fingerprint density at radius 2 is 1.15 bits per heavy atom. The first kappa shape index (κ1) is 42.9. The number of nitrogens with zero attached hydrogens (tertiary/aromatic N) is 4. The number of carbonyl (C=O) groups excluding carboxylic acids is 4. The molecule has 2 aromatic heterocycles. The molecule has 2 aliphatic rings. The molecule has 2 saturated heterocycles. The highest BCUT2D eigenvalue weighted by atomic mass is 19.1. The summed E-state index contributed by atoms with van der Waals surface area (Å²) in [5.74, 6) is 0.502. The van der Waals surface area contributed by atoms with Crippen LogP contribution < -0.4 is 10.6 Å². The van der Waals surface area contributed by atoms with Crippen molar-refractivity contribution in [2.45, 2.75) is 78.6 Å². The summed E-state index contributed by atoms with van der Waals surface area (Å²) in [6, 6.07) is 17.2. The third-order valence-corrected chi connectivity index (χ3v) is 11.9. The number of methoxy groups -OCH3 is 2. The fourth-order valence-electron chi connectivity index (χ4n) is 8.61. The van der Waals surface area contributed by atoms with E-state index in [0.717, 1.165) is 34.4 Å². The number of aromatic amines is 2. The van der Waals surface area contributed by atoms with Gasteiger partial charge in [-0.3, -0.25) is 9.59 Å². The van der Waals surface area contributed by atoms with Crippen molar-refractivity contribution in [1.82, 2.24) is 40.4 Å². The van der Waals surface area contributed by atoms with E-state index in [1.807, 2.05) is 93.4 Å². The number of imidazole rings is 2. The van der Waals surface area contributed by atoms with Crippen molar-refractivity contribution < 1.29 is 33.0 Å². The Morgan fingerprint density at radius 1 is 0.689 bits per heavy atom. The number of nitrogens with one attached hydrogen (secondary N) is 4. The smallest absolute Gasteiger partial charge is 0.407 e. The van der Waals surface area contributed by atoms with Gasteiger partial charge in [0.1, 0.15) is 35.1 Å². The molecule has 3 aromatic carbocycles. The number of likely N-dealkylation sites (tertiary alicyclic amines) is 2. The van der Waals surface area contributed by atoms with Crippen molar-refractivity contribution in [3.05, 3.63) is 84.3 Å². The van der Waals surface area contributed by atoms with Crippen molar-refractivity contribution in [2.75, 3.05) is 27.3 Å². The second kappa shape index (κ2) is 17.8. The van der Waals surface area contributed by atoms with Gasteiger partial charge >= 0.3 is 12.2 Å². The number of aromatic nitrogens is 4. The number of rotatable bonds is 11. The maximum absolute atomic E-state index is 15.7. The lowest BCUT2D eigenvalue weighted by Gasteiger charge is -2.30. The largest absolute Gasteiger partial charge is 0.453 e. The van der Waals surface area contributed by atoms with Crippen LogP contribution in [0.15, 0.2) is 66.9 Å². The maximum atomic E-state index is 15.7. The number of hydrogen-bond acceptors (Lipinski definition) is 8. The Balaban J connectivity index is 1.05. The summed E-state index contributed by atoms with van der Waals surface area (Å²) >= 11 is 0. The summed E-state index contributed by atoms with van der Waals surface area (Å²) in [5.41, 5.74) is 5.88. The van der Waals surface area contributed by atoms with Crippen LogP contribution in [0, 0.1) is 29.5 Å². The van der Waals surface area contributed by atoms with Gasteiger partial charge in [-0.1, -0.05) is 90.1 Å². The zero-order chi connectivity index (χ0) is 43.7. The molecule has 0 saturated carbocycles. The van der Waals surface area contributed by atoms with Crippen LogP contribution in [0.3, 0.4) is 0 Å². The summed E-state index contributed by atoms with van der Waals surface area (Å²) in [7, 11) is 2.54. The van der Waals surface area contributed by atoms with Gasteiger partial charge in [-0.15, -0.1) is 0 Å². The first-order chi connectivity index (χ1) is 29.1. The van der Waals surface area contributed by atoms with Gasteiger partial charge in [0.15, 0.2) is 0 Å². The second-order valence-corrected chi connectivity index (χ2v) is 17.2. The molecule has 322 valence electrons. The van der Waals surface area contributed by atoms with E-state index in [-0.39, 0.29) is 47.0 Å². The highest BCUT2D eigenvalue weighted by Gasteiger charge is 2.42. The van der Waals surface area contributed by atoms with Gasteiger partial charge in [0.05, 0.1) is 37.5 Å². The number of alkyl carbamates (subject to hydrolysis) is 2. The van der Waals surface area contributed by atoms with Gasteiger partial charge in [-0.25, -0.2) is 23.9 Å². The van der Waals surface area contributed by atoms with E-state index >= 15 is 4.39 Å². The van der Waals surface area contributed by atoms with Crippen molar-refractivity contribution in [3.8, 4) is 33.5 Å². The van der Waals surface area contributed by atoms with Gasteiger partial charge < -0.3 is 39.9 Å². The number of H-pyrrole nitrogens is 2. The van der Waals surface area contributed by atoms with Crippen molar-refractivity contribution in [3.63, 3.8) is 0 Å². The van der Waals surface area contributed by atoms with E-state index in [0.29, 0.717) is 42.2 Å². The number of amides is 4. The van der Waals surface area contributed by atoms with E-state index < -0.39 is 36.1 Å². The zero-order valence-electron chi connectivity index (χ0n) is 35.9. The monoisotopic (exact) mass is 834 g/mol. The molecule has 0 spiro atoms. The van der Waals surface area contributed by atoms with Crippen LogP contribution >= 0.6 is 0 Å². The summed E-state index contributed by atoms with van der Waals surface area (Å²) in [6.45, 7) is 12.7. The second-order valence-electron chi connectivity index (χ2n) is 17.2. The average molecular weight is 835 g/mol. The first-order valence-electron chi connectivity index (χ1n) is 20.9. The van der Waals surface area contributed by atoms with Crippen LogP contribution in [0.4, 0.5) is 14.0 Å². The van der Waals surface area contributed by atoms with Crippen molar-refractivity contribution in [2.24, 2.45) is 23.7 Å². The lowest BCUT2D eigenvalue weighted by atomic mass is 9.99. The fraction of sp³-hybridized carbons (Fsp3) is 0.435. The zero-order valence-corrected chi connectivity index (χ0v) is 35.9. The molecular formula is C46H55FN8O6. The minimum atomic E-state index is -0.779. The van der Waals surface area contributed by atoms with E-state index in [4.69, 9.17) is 19.4 Å². The van der Waals surface area contributed by atoms with Gasteiger partial charge in [0.25, 0.3) is 0 Å². The highest BCUT2D eigenvalue weighted by Crippen LogP contribution is 2.38. The van der Waals surface area contributed by atoms with Crippen molar-refractivity contribution >= 4 is 35.0 Å². The summed E-state index contributed by atoms with van der Waals surface area (Å²) in [6.07, 6.45) is 1.94. The normalized spacial score (nSPS) is 20.0. The molecule has 2 aliphatic heterocycles. The predicted molar refractivity (Wildman–Crippen MR) is 229 cm³/mol. The van der Waals surface area contributed by atoms with Crippen LogP contribution in [-0.4, -0.2) is 93.1 Å². The molecule has 0 bridgehead atoms. The standard InChI is InChI=1S/C46H55FN8O6/c1-24(2)38(52-45(58)60-7)43(56)54-22-26(5)17-36(54)41-48-21-35(50-41)31-15-13-29(14-16-31)28-9-11-30(12-10-28)32-19-33(47)40-34(20-32)49-42(51-40)37-18-27(6)23-55(37)44(57)39(25(3)4)53-46(59)61-8/h9-16,19-21,24-27,36-39H,17-18,22-23H2,1-8H3,(H,48,50)(H,49,51)(H,52,58)(H,53,59)/t26-,27-,36-,37-,38-,39-/m0/s1. The van der Waals surface area contributed by atoms with Crippen LogP contribution in [0.5, 0.6) is 0 Å². The Kier molecular flexibility index (Phi) is 12.5.